The number of piperazine rings is 1. The lowest BCUT2D eigenvalue weighted by atomic mass is 10.1. The van der Waals surface area contributed by atoms with Gasteiger partial charge in [0.25, 0.3) is 0 Å². The van der Waals surface area contributed by atoms with E-state index in [9.17, 15) is 5.11 Å². The van der Waals surface area contributed by atoms with Gasteiger partial charge in [-0.1, -0.05) is 24.3 Å². The van der Waals surface area contributed by atoms with Crippen LogP contribution >= 0.6 is 0 Å². The first-order valence-corrected chi connectivity index (χ1v) is 7.98. The third kappa shape index (κ3) is 5.13. The summed E-state index contributed by atoms with van der Waals surface area (Å²) in [5, 5.41) is 10.1. The Bertz CT molecular complexity index is 453. The molecule has 22 heavy (non-hydrogen) atoms. The van der Waals surface area contributed by atoms with Crippen molar-refractivity contribution in [3.05, 3.63) is 43.0 Å². The molecule has 2 rings (SSSR count). The molecule has 0 bridgehead atoms. The van der Waals surface area contributed by atoms with Gasteiger partial charge in [-0.2, -0.15) is 0 Å². The second kappa shape index (κ2) is 7.77. The molecule has 4 heteroatoms. The SMILES string of the molecule is C=CC(C)(C)OC[C@@H](O)CN1CCN(c2ccccc2)CC1. The number of para-hydroxylation sites is 1. The molecule has 1 heterocycles. The number of ether oxygens (including phenoxy) is 1. The number of hydrogen-bond donors (Lipinski definition) is 1. The highest BCUT2D eigenvalue weighted by Crippen LogP contribution is 2.16. The Balaban J connectivity index is 1.72. The molecule has 1 aromatic rings. The van der Waals surface area contributed by atoms with E-state index in [0.717, 1.165) is 26.2 Å². The minimum atomic E-state index is -0.456. The third-order valence-corrected chi connectivity index (χ3v) is 4.10. The van der Waals surface area contributed by atoms with Crippen LogP contribution in [0.15, 0.2) is 43.0 Å². The van der Waals surface area contributed by atoms with E-state index in [1.165, 1.54) is 5.69 Å². The fourth-order valence-corrected chi connectivity index (χ4v) is 2.55. The van der Waals surface area contributed by atoms with Gasteiger partial charge in [0.2, 0.25) is 0 Å². The summed E-state index contributed by atoms with van der Waals surface area (Å²) < 4.78 is 5.67. The first-order valence-electron chi connectivity index (χ1n) is 7.98. The summed E-state index contributed by atoms with van der Waals surface area (Å²) in [6.07, 6.45) is 1.31. The maximum absolute atomic E-state index is 10.1. The zero-order chi connectivity index (χ0) is 16.0. The van der Waals surface area contributed by atoms with Gasteiger partial charge < -0.3 is 14.7 Å². The molecule has 0 aromatic heterocycles. The van der Waals surface area contributed by atoms with E-state index >= 15 is 0 Å². The van der Waals surface area contributed by atoms with Gasteiger partial charge in [0.05, 0.1) is 18.3 Å². The van der Waals surface area contributed by atoms with Crippen molar-refractivity contribution in [1.82, 2.24) is 4.90 Å². The predicted octanol–water partition coefficient (Wildman–Crippen LogP) is 2.15. The van der Waals surface area contributed by atoms with Gasteiger partial charge in [0.1, 0.15) is 0 Å². The van der Waals surface area contributed by atoms with E-state index in [-0.39, 0.29) is 5.60 Å². The molecule has 1 atom stereocenters. The van der Waals surface area contributed by atoms with Crippen LogP contribution in [-0.2, 0) is 4.74 Å². The molecule has 1 saturated heterocycles. The molecule has 1 fully saturated rings. The Labute approximate surface area is 134 Å². The van der Waals surface area contributed by atoms with E-state index in [2.05, 4.69) is 40.6 Å². The predicted molar refractivity (Wildman–Crippen MR) is 91.3 cm³/mol. The quantitative estimate of drug-likeness (QED) is 0.783. The van der Waals surface area contributed by atoms with Gasteiger partial charge in [-0.25, -0.2) is 0 Å². The van der Waals surface area contributed by atoms with Crippen molar-refractivity contribution < 1.29 is 9.84 Å². The molecule has 1 aliphatic rings. The second-order valence-corrected chi connectivity index (χ2v) is 6.40. The molecule has 0 saturated carbocycles. The Morgan fingerprint density at radius 3 is 2.45 bits per heavy atom. The van der Waals surface area contributed by atoms with Crippen LogP contribution in [0.5, 0.6) is 0 Å². The van der Waals surface area contributed by atoms with Crippen LogP contribution in [-0.4, -0.2) is 61.0 Å². The maximum atomic E-state index is 10.1. The lowest BCUT2D eigenvalue weighted by Gasteiger charge is -2.37. The van der Waals surface area contributed by atoms with E-state index in [1.54, 1.807) is 6.08 Å². The Hall–Kier alpha value is -1.36. The average molecular weight is 304 g/mol. The molecule has 0 spiro atoms. The number of benzene rings is 1. The van der Waals surface area contributed by atoms with Gasteiger partial charge in [-0.15, -0.1) is 6.58 Å². The summed E-state index contributed by atoms with van der Waals surface area (Å²) in [6.45, 7) is 12.6. The largest absolute Gasteiger partial charge is 0.389 e. The summed E-state index contributed by atoms with van der Waals surface area (Å²) in [5.74, 6) is 0. The highest BCUT2D eigenvalue weighted by molar-refractivity contribution is 5.46. The topological polar surface area (TPSA) is 35.9 Å². The molecular weight excluding hydrogens is 276 g/mol. The normalized spacial score (nSPS) is 18.2. The average Bonchev–Trinajstić information content (AvgIpc) is 2.55. The van der Waals surface area contributed by atoms with Crippen LogP contribution < -0.4 is 4.90 Å². The number of β-amino-alcohol motifs (C(OH)–C–C–N with tert-alkyl or cyclic N) is 1. The van der Waals surface area contributed by atoms with Crippen LogP contribution in [0.25, 0.3) is 0 Å². The van der Waals surface area contributed by atoms with Gasteiger partial charge in [-0.05, 0) is 26.0 Å². The van der Waals surface area contributed by atoms with Crippen molar-refractivity contribution in [2.75, 3.05) is 44.2 Å². The highest BCUT2D eigenvalue weighted by Gasteiger charge is 2.21. The van der Waals surface area contributed by atoms with E-state index in [1.807, 2.05) is 19.9 Å². The standard InChI is InChI=1S/C18H28N2O2/c1-4-18(2,3)22-15-17(21)14-19-10-12-20(13-11-19)16-8-6-5-7-9-16/h4-9,17,21H,1,10-15H2,2-3H3/t17-/m0/s1. The van der Waals surface area contributed by atoms with Gasteiger partial charge in [0.15, 0.2) is 0 Å². The summed E-state index contributed by atoms with van der Waals surface area (Å²) in [7, 11) is 0. The van der Waals surface area contributed by atoms with E-state index in [4.69, 9.17) is 4.74 Å². The Morgan fingerprint density at radius 1 is 1.23 bits per heavy atom. The van der Waals surface area contributed by atoms with Crippen molar-refractivity contribution in [1.29, 1.82) is 0 Å². The van der Waals surface area contributed by atoms with Crippen molar-refractivity contribution >= 4 is 5.69 Å². The summed E-state index contributed by atoms with van der Waals surface area (Å²) >= 11 is 0. The van der Waals surface area contributed by atoms with Gasteiger partial charge in [-0.3, -0.25) is 4.90 Å². The third-order valence-electron chi connectivity index (χ3n) is 4.10. The smallest absolute Gasteiger partial charge is 0.0900 e. The van der Waals surface area contributed by atoms with Crippen LogP contribution in [0, 0.1) is 0 Å². The highest BCUT2D eigenvalue weighted by atomic mass is 16.5. The van der Waals surface area contributed by atoms with Gasteiger partial charge >= 0.3 is 0 Å². The Kier molecular flexibility index (Phi) is 6.00. The molecule has 0 amide bonds. The molecule has 0 unspecified atom stereocenters. The molecular formula is C18H28N2O2. The second-order valence-electron chi connectivity index (χ2n) is 6.40. The number of rotatable bonds is 7. The fourth-order valence-electron chi connectivity index (χ4n) is 2.55. The van der Waals surface area contributed by atoms with Crippen molar-refractivity contribution in [3.8, 4) is 0 Å². The summed E-state index contributed by atoms with van der Waals surface area (Å²) in [6, 6.07) is 10.5. The van der Waals surface area contributed by atoms with Crippen molar-refractivity contribution in [3.63, 3.8) is 0 Å². The zero-order valence-electron chi connectivity index (χ0n) is 13.7. The van der Waals surface area contributed by atoms with Crippen LogP contribution in [0.3, 0.4) is 0 Å². The molecule has 1 aliphatic heterocycles. The molecule has 122 valence electrons. The fraction of sp³-hybridized carbons (Fsp3) is 0.556. The van der Waals surface area contributed by atoms with Gasteiger partial charge in [0, 0.05) is 38.4 Å². The van der Waals surface area contributed by atoms with Crippen molar-refractivity contribution in [2.24, 2.45) is 0 Å². The lowest BCUT2D eigenvalue weighted by molar-refractivity contribution is -0.0420. The molecule has 0 aliphatic carbocycles. The number of hydrogen-bond acceptors (Lipinski definition) is 4. The van der Waals surface area contributed by atoms with E-state index in [0.29, 0.717) is 13.2 Å². The number of aliphatic hydroxyl groups excluding tert-OH is 1. The number of nitrogens with zero attached hydrogens (tertiary/aromatic N) is 2. The Morgan fingerprint density at radius 2 is 1.86 bits per heavy atom. The first kappa shape index (κ1) is 17.0. The van der Waals surface area contributed by atoms with Crippen LogP contribution in [0.4, 0.5) is 5.69 Å². The summed E-state index contributed by atoms with van der Waals surface area (Å²) in [4.78, 5) is 4.69. The first-order chi connectivity index (χ1) is 10.5. The van der Waals surface area contributed by atoms with Crippen molar-refractivity contribution in [2.45, 2.75) is 25.6 Å². The number of aliphatic hydroxyl groups is 1. The van der Waals surface area contributed by atoms with Crippen LogP contribution in [0.2, 0.25) is 0 Å². The molecule has 1 aromatic carbocycles. The minimum Gasteiger partial charge on any atom is -0.389 e. The van der Waals surface area contributed by atoms with E-state index < -0.39 is 6.10 Å². The molecule has 1 N–H and O–H groups in total. The monoisotopic (exact) mass is 304 g/mol. The minimum absolute atomic E-state index is 0.345. The van der Waals surface area contributed by atoms with Crippen LogP contribution in [0.1, 0.15) is 13.8 Å². The maximum Gasteiger partial charge on any atom is 0.0900 e. The molecule has 0 radical (unpaired) electrons. The molecule has 4 nitrogen and oxygen atoms in total. The lowest BCUT2D eigenvalue weighted by Crippen LogP contribution is -2.49. The number of anilines is 1. The zero-order valence-corrected chi connectivity index (χ0v) is 13.7. The summed E-state index contributed by atoms with van der Waals surface area (Å²) in [5.41, 5.74) is 0.895.